The van der Waals surface area contributed by atoms with E-state index < -0.39 is 10.0 Å². The molecular weight excluding hydrogens is 312 g/mol. The third-order valence-corrected chi connectivity index (χ3v) is 4.92. The van der Waals surface area contributed by atoms with Gasteiger partial charge in [-0.25, -0.2) is 13.1 Å². The number of hydrogen-bond acceptors (Lipinski definition) is 4. The highest BCUT2D eigenvalue weighted by atomic mass is 35.5. The quantitative estimate of drug-likeness (QED) is 0.537. The van der Waals surface area contributed by atoms with E-state index in [-0.39, 0.29) is 10.6 Å². The van der Waals surface area contributed by atoms with Crippen molar-refractivity contribution in [3.63, 3.8) is 0 Å². The summed E-state index contributed by atoms with van der Waals surface area (Å²) < 4.78 is 32.2. The molecule has 0 bridgehead atoms. The van der Waals surface area contributed by atoms with Crippen LogP contribution in [-0.2, 0) is 14.8 Å². The van der Waals surface area contributed by atoms with Crippen molar-refractivity contribution in [3.8, 4) is 0 Å². The number of benzene rings is 1. The minimum absolute atomic E-state index is 0.133. The van der Waals surface area contributed by atoms with E-state index in [4.69, 9.17) is 22.1 Å². The molecule has 0 saturated carbocycles. The molecule has 0 unspecified atom stereocenters. The van der Waals surface area contributed by atoms with Gasteiger partial charge in [-0.15, -0.1) is 0 Å². The van der Waals surface area contributed by atoms with Gasteiger partial charge in [0, 0.05) is 19.8 Å². The monoisotopic (exact) mass is 334 g/mol. The van der Waals surface area contributed by atoms with Crippen molar-refractivity contribution in [2.45, 2.75) is 38.0 Å². The van der Waals surface area contributed by atoms with Crippen LogP contribution in [0.3, 0.4) is 0 Å². The number of aryl methyl sites for hydroxylation is 1. The summed E-state index contributed by atoms with van der Waals surface area (Å²) in [5.74, 6) is 0. The summed E-state index contributed by atoms with van der Waals surface area (Å²) in [5.41, 5.74) is 6.60. The molecule has 0 aliphatic heterocycles. The third-order valence-electron chi connectivity index (χ3n) is 2.97. The molecule has 0 heterocycles. The van der Waals surface area contributed by atoms with Crippen LogP contribution in [0.1, 0.15) is 31.7 Å². The number of nitrogens with one attached hydrogen (secondary N) is 1. The van der Waals surface area contributed by atoms with Crippen molar-refractivity contribution in [2.75, 3.05) is 25.5 Å². The summed E-state index contributed by atoms with van der Waals surface area (Å²) in [7, 11) is -3.56. The Hall–Kier alpha value is -0.820. The van der Waals surface area contributed by atoms with E-state index in [0.717, 1.165) is 19.4 Å². The fourth-order valence-electron chi connectivity index (χ4n) is 1.73. The highest BCUT2D eigenvalue weighted by molar-refractivity contribution is 7.89. The van der Waals surface area contributed by atoms with Crippen molar-refractivity contribution in [1.82, 2.24) is 4.72 Å². The van der Waals surface area contributed by atoms with Crippen LogP contribution < -0.4 is 10.5 Å². The molecule has 0 amide bonds. The molecular formula is C14H23ClN2O3S. The molecule has 0 saturated heterocycles. The van der Waals surface area contributed by atoms with Gasteiger partial charge in [0.25, 0.3) is 0 Å². The molecule has 0 atom stereocenters. The van der Waals surface area contributed by atoms with Gasteiger partial charge in [-0.05, 0) is 37.5 Å². The van der Waals surface area contributed by atoms with Crippen molar-refractivity contribution in [2.24, 2.45) is 0 Å². The number of anilines is 1. The normalized spacial score (nSPS) is 11.8. The van der Waals surface area contributed by atoms with Gasteiger partial charge in [0.2, 0.25) is 10.0 Å². The van der Waals surface area contributed by atoms with Crippen molar-refractivity contribution < 1.29 is 13.2 Å². The van der Waals surface area contributed by atoms with Crippen LogP contribution in [0.5, 0.6) is 0 Å². The summed E-state index contributed by atoms with van der Waals surface area (Å²) in [4.78, 5) is 0.133. The van der Waals surface area contributed by atoms with E-state index in [9.17, 15) is 8.42 Å². The van der Waals surface area contributed by atoms with Crippen LogP contribution in [0.2, 0.25) is 5.02 Å². The van der Waals surface area contributed by atoms with E-state index in [2.05, 4.69) is 11.6 Å². The first-order chi connectivity index (χ1) is 9.88. The summed E-state index contributed by atoms with van der Waals surface area (Å²) in [5, 5.41) is 0.387. The Balaban J connectivity index is 2.51. The lowest BCUT2D eigenvalue weighted by Gasteiger charge is -2.10. The Morgan fingerprint density at radius 1 is 1.29 bits per heavy atom. The van der Waals surface area contributed by atoms with E-state index >= 15 is 0 Å². The molecule has 0 radical (unpaired) electrons. The molecule has 1 rings (SSSR count). The molecule has 0 aliphatic rings. The van der Waals surface area contributed by atoms with Gasteiger partial charge in [-0.1, -0.05) is 24.9 Å². The number of ether oxygens (including phenoxy) is 1. The number of unbranched alkanes of at least 4 members (excludes halogenated alkanes) is 1. The molecule has 0 aromatic heterocycles. The second-order valence-electron chi connectivity index (χ2n) is 4.86. The lowest BCUT2D eigenvalue weighted by atomic mass is 10.2. The Labute approximate surface area is 131 Å². The zero-order valence-corrected chi connectivity index (χ0v) is 14.1. The predicted molar refractivity (Wildman–Crippen MR) is 86.1 cm³/mol. The average Bonchev–Trinajstić information content (AvgIpc) is 2.43. The largest absolute Gasteiger partial charge is 0.397 e. The minimum Gasteiger partial charge on any atom is -0.397 e. The second kappa shape index (κ2) is 8.58. The highest BCUT2D eigenvalue weighted by Crippen LogP contribution is 2.26. The molecule has 120 valence electrons. The fraction of sp³-hybridized carbons (Fsp3) is 0.571. The van der Waals surface area contributed by atoms with Crippen LogP contribution >= 0.6 is 11.6 Å². The van der Waals surface area contributed by atoms with Crippen LogP contribution in [-0.4, -0.2) is 28.2 Å². The zero-order valence-electron chi connectivity index (χ0n) is 12.5. The first-order valence-electron chi connectivity index (χ1n) is 7.01. The van der Waals surface area contributed by atoms with E-state index in [1.807, 2.05) is 0 Å². The van der Waals surface area contributed by atoms with Crippen LogP contribution in [0.25, 0.3) is 0 Å². The smallest absolute Gasteiger partial charge is 0.240 e. The molecule has 1 aromatic rings. The van der Waals surface area contributed by atoms with Gasteiger partial charge < -0.3 is 10.5 Å². The van der Waals surface area contributed by atoms with Gasteiger partial charge in [0.1, 0.15) is 0 Å². The number of rotatable bonds is 9. The summed E-state index contributed by atoms with van der Waals surface area (Å²) in [6, 6.07) is 2.88. The maximum atomic E-state index is 12.1. The average molecular weight is 335 g/mol. The topological polar surface area (TPSA) is 81.4 Å². The van der Waals surface area contributed by atoms with E-state index in [1.165, 1.54) is 12.1 Å². The number of halogens is 1. The van der Waals surface area contributed by atoms with Crippen molar-refractivity contribution >= 4 is 27.3 Å². The van der Waals surface area contributed by atoms with Crippen LogP contribution in [0.4, 0.5) is 5.69 Å². The van der Waals surface area contributed by atoms with E-state index in [0.29, 0.717) is 30.2 Å². The van der Waals surface area contributed by atoms with Gasteiger partial charge in [-0.3, -0.25) is 0 Å². The first kappa shape index (κ1) is 18.2. The Morgan fingerprint density at radius 3 is 2.57 bits per heavy atom. The minimum atomic E-state index is -3.56. The molecule has 3 N–H and O–H groups in total. The Morgan fingerprint density at radius 2 is 1.95 bits per heavy atom. The summed E-state index contributed by atoms with van der Waals surface area (Å²) in [6.45, 7) is 5.41. The van der Waals surface area contributed by atoms with E-state index in [1.54, 1.807) is 6.92 Å². The molecule has 1 aromatic carbocycles. The predicted octanol–water partition coefficient (Wildman–Crippen LogP) is 2.72. The molecule has 5 nitrogen and oxygen atoms in total. The lowest BCUT2D eigenvalue weighted by Crippen LogP contribution is -2.25. The molecule has 0 spiro atoms. The third kappa shape index (κ3) is 5.82. The first-order valence-corrected chi connectivity index (χ1v) is 8.87. The number of nitrogen functional groups attached to an aromatic ring is 1. The van der Waals surface area contributed by atoms with Crippen LogP contribution in [0, 0.1) is 6.92 Å². The van der Waals surface area contributed by atoms with Gasteiger partial charge in [0.15, 0.2) is 0 Å². The SMILES string of the molecule is CCCCOCCCNS(=O)(=O)c1cc(C)c(Cl)c(N)c1. The molecule has 7 heteroatoms. The highest BCUT2D eigenvalue weighted by Gasteiger charge is 2.16. The molecule has 21 heavy (non-hydrogen) atoms. The maximum absolute atomic E-state index is 12.1. The summed E-state index contributed by atoms with van der Waals surface area (Å²) >= 11 is 5.93. The summed E-state index contributed by atoms with van der Waals surface area (Å²) in [6.07, 6.45) is 2.74. The number of sulfonamides is 1. The van der Waals surface area contributed by atoms with Crippen LogP contribution in [0.15, 0.2) is 17.0 Å². The second-order valence-corrected chi connectivity index (χ2v) is 7.01. The molecule has 0 aliphatic carbocycles. The van der Waals surface area contributed by atoms with Crippen molar-refractivity contribution in [3.05, 3.63) is 22.7 Å². The Kier molecular flexibility index (Phi) is 7.45. The number of nitrogens with two attached hydrogens (primary N) is 1. The fourth-order valence-corrected chi connectivity index (χ4v) is 3.03. The number of hydrogen-bond donors (Lipinski definition) is 2. The van der Waals surface area contributed by atoms with Gasteiger partial charge in [-0.2, -0.15) is 0 Å². The molecule has 0 fully saturated rings. The Bertz CT molecular complexity index is 538. The van der Waals surface area contributed by atoms with Gasteiger partial charge >= 0.3 is 0 Å². The zero-order chi connectivity index (χ0) is 15.9. The lowest BCUT2D eigenvalue weighted by molar-refractivity contribution is 0.130. The van der Waals surface area contributed by atoms with Gasteiger partial charge in [0.05, 0.1) is 15.6 Å². The standard InChI is InChI=1S/C14H23ClN2O3S/c1-3-4-7-20-8-5-6-17-21(18,19)12-9-11(2)14(15)13(16)10-12/h9-10,17H,3-8,16H2,1-2H3. The van der Waals surface area contributed by atoms with Crippen molar-refractivity contribution in [1.29, 1.82) is 0 Å². The maximum Gasteiger partial charge on any atom is 0.240 e.